The molecular weight excluding hydrogens is 198 g/mol. The Morgan fingerprint density at radius 3 is 3.12 bits per heavy atom. The fourth-order valence-electron chi connectivity index (χ4n) is 3.09. The SMILES string of the molecule is N#Cc1cc(CN2CC3CCC2C3)ccn1. The molecule has 0 amide bonds. The normalized spacial score (nSPS) is 28.2. The third-order valence-corrected chi connectivity index (χ3v) is 3.85. The van der Waals surface area contributed by atoms with Gasteiger partial charge in [-0.1, -0.05) is 0 Å². The van der Waals surface area contributed by atoms with Gasteiger partial charge in [0.15, 0.2) is 0 Å². The van der Waals surface area contributed by atoms with Gasteiger partial charge in [-0.15, -0.1) is 0 Å². The summed E-state index contributed by atoms with van der Waals surface area (Å²) in [5.74, 6) is 0.933. The maximum absolute atomic E-state index is 8.80. The molecule has 82 valence electrons. The maximum atomic E-state index is 8.80. The van der Waals surface area contributed by atoms with Gasteiger partial charge in [-0.05, 0) is 42.9 Å². The number of aromatic nitrogens is 1. The third kappa shape index (κ3) is 1.70. The summed E-state index contributed by atoms with van der Waals surface area (Å²) >= 11 is 0. The van der Waals surface area contributed by atoms with Crippen molar-refractivity contribution in [3.63, 3.8) is 0 Å². The van der Waals surface area contributed by atoms with Gasteiger partial charge in [0.25, 0.3) is 0 Å². The topological polar surface area (TPSA) is 39.9 Å². The van der Waals surface area contributed by atoms with Gasteiger partial charge < -0.3 is 0 Å². The Balaban J connectivity index is 1.72. The minimum absolute atomic E-state index is 0.529. The molecule has 3 heteroatoms. The van der Waals surface area contributed by atoms with E-state index in [1.165, 1.54) is 31.4 Å². The third-order valence-electron chi connectivity index (χ3n) is 3.85. The molecule has 1 saturated carbocycles. The summed E-state index contributed by atoms with van der Waals surface area (Å²) in [5.41, 5.74) is 1.75. The molecule has 2 aliphatic rings. The molecule has 0 aromatic carbocycles. The lowest BCUT2D eigenvalue weighted by Crippen LogP contribution is -2.31. The lowest BCUT2D eigenvalue weighted by atomic mass is 10.1. The number of fused-ring (bicyclic) bond motifs is 2. The van der Waals surface area contributed by atoms with Crippen LogP contribution in [-0.4, -0.2) is 22.5 Å². The highest BCUT2D eigenvalue weighted by atomic mass is 15.2. The van der Waals surface area contributed by atoms with E-state index in [2.05, 4.69) is 16.0 Å². The van der Waals surface area contributed by atoms with Crippen molar-refractivity contribution in [2.45, 2.75) is 31.8 Å². The van der Waals surface area contributed by atoms with Crippen LogP contribution in [0.25, 0.3) is 0 Å². The lowest BCUT2D eigenvalue weighted by molar-refractivity contribution is 0.205. The average molecular weight is 213 g/mol. The Bertz CT molecular complexity index is 435. The number of hydrogen-bond acceptors (Lipinski definition) is 3. The highest BCUT2D eigenvalue weighted by molar-refractivity contribution is 5.25. The second-order valence-corrected chi connectivity index (χ2v) is 4.92. The number of nitriles is 1. The first-order valence-electron chi connectivity index (χ1n) is 5.94. The highest BCUT2D eigenvalue weighted by Crippen LogP contribution is 2.37. The lowest BCUT2D eigenvalue weighted by Gasteiger charge is -2.26. The fraction of sp³-hybridized carbons (Fsp3) is 0.538. The smallest absolute Gasteiger partial charge is 0.140 e. The summed E-state index contributed by atoms with van der Waals surface area (Å²) in [6.45, 7) is 2.23. The first-order valence-corrected chi connectivity index (χ1v) is 5.94. The molecule has 3 nitrogen and oxygen atoms in total. The van der Waals surface area contributed by atoms with Crippen LogP contribution < -0.4 is 0 Å². The first-order chi connectivity index (χ1) is 7.85. The molecule has 0 N–H and O–H groups in total. The minimum atomic E-state index is 0.529. The molecule has 1 aliphatic carbocycles. The van der Waals surface area contributed by atoms with Crippen molar-refractivity contribution in [1.29, 1.82) is 5.26 Å². The summed E-state index contributed by atoms with van der Waals surface area (Å²) in [7, 11) is 0. The van der Waals surface area contributed by atoms with Crippen LogP contribution in [0.2, 0.25) is 0 Å². The molecule has 2 fully saturated rings. The van der Waals surface area contributed by atoms with Gasteiger partial charge in [0.1, 0.15) is 11.8 Å². The zero-order valence-corrected chi connectivity index (χ0v) is 9.26. The number of nitrogens with zero attached hydrogens (tertiary/aromatic N) is 3. The van der Waals surface area contributed by atoms with E-state index in [0.29, 0.717) is 5.69 Å². The van der Waals surface area contributed by atoms with Crippen molar-refractivity contribution in [1.82, 2.24) is 9.88 Å². The van der Waals surface area contributed by atoms with Crippen molar-refractivity contribution >= 4 is 0 Å². The van der Waals surface area contributed by atoms with Crippen LogP contribution >= 0.6 is 0 Å². The number of likely N-dealkylation sites (tertiary alicyclic amines) is 1. The van der Waals surface area contributed by atoms with E-state index in [4.69, 9.17) is 5.26 Å². The van der Waals surface area contributed by atoms with Crippen LogP contribution in [0.15, 0.2) is 18.3 Å². The van der Waals surface area contributed by atoms with E-state index < -0.39 is 0 Å². The summed E-state index contributed by atoms with van der Waals surface area (Å²) in [5, 5.41) is 8.80. The number of piperidine rings is 1. The molecule has 1 saturated heterocycles. The van der Waals surface area contributed by atoms with E-state index in [9.17, 15) is 0 Å². The molecule has 0 spiro atoms. The van der Waals surface area contributed by atoms with Crippen molar-refractivity contribution in [2.75, 3.05) is 6.54 Å². The predicted molar refractivity (Wildman–Crippen MR) is 60.5 cm³/mol. The van der Waals surface area contributed by atoms with Gasteiger partial charge in [-0.2, -0.15) is 5.26 Å². The van der Waals surface area contributed by atoms with Crippen LogP contribution in [0.5, 0.6) is 0 Å². The van der Waals surface area contributed by atoms with Gasteiger partial charge >= 0.3 is 0 Å². The molecule has 2 atom stereocenters. The standard InChI is InChI=1S/C13H15N3/c14-7-12-5-11(3-4-15-12)9-16-8-10-1-2-13(16)6-10/h3-5,10,13H,1-2,6,8-9H2. The summed E-state index contributed by atoms with van der Waals surface area (Å²) in [6.07, 6.45) is 5.90. The van der Waals surface area contributed by atoms with Crippen molar-refractivity contribution in [3.8, 4) is 6.07 Å². The van der Waals surface area contributed by atoms with Crippen LogP contribution in [0.3, 0.4) is 0 Å². The number of hydrogen-bond donors (Lipinski definition) is 0. The Hall–Kier alpha value is -1.40. The van der Waals surface area contributed by atoms with Gasteiger partial charge in [-0.25, -0.2) is 4.98 Å². The molecule has 2 unspecified atom stereocenters. The van der Waals surface area contributed by atoms with Gasteiger partial charge in [0.2, 0.25) is 0 Å². The molecule has 2 bridgehead atoms. The molecule has 1 aromatic heterocycles. The van der Waals surface area contributed by atoms with Gasteiger partial charge in [-0.3, -0.25) is 4.90 Å². The maximum Gasteiger partial charge on any atom is 0.140 e. The van der Waals surface area contributed by atoms with Crippen molar-refractivity contribution in [2.24, 2.45) is 5.92 Å². The molecule has 2 heterocycles. The Kier molecular flexibility index (Phi) is 2.37. The average Bonchev–Trinajstić information content (AvgIpc) is 2.91. The zero-order chi connectivity index (χ0) is 11.0. The van der Waals surface area contributed by atoms with E-state index in [1.54, 1.807) is 6.20 Å². The van der Waals surface area contributed by atoms with Crippen LogP contribution in [0, 0.1) is 17.2 Å². The highest BCUT2D eigenvalue weighted by Gasteiger charge is 2.37. The predicted octanol–water partition coefficient (Wildman–Crippen LogP) is 1.94. The molecule has 1 aliphatic heterocycles. The summed E-state index contributed by atoms with van der Waals surface area (Å²) < 4.78 is 0. The minimum Gasteiger partial charge on any atom is -0.296 e. The van der Waals surface area contributed by atoms with E-state index in [1.807, 2.05) is 12.1 Å². The molecule has 1 aromatic rings. The van der Waals surface area contributed by atoms with Gasteiger partial charge in [0.05, 0.1) is 0 Å². The quantitative estimate of drug-likeness (QED) is 0.753. The van der Waals surface area contributed by atoms with Crippen LogP contribution in [0.4, 0.5) is 0 Å². The molecular formula is C13H15N3. The van der Waals surface area contributed by atoms with Crippen molar-refractivity contribution in [3.05, 3.63) is 29.6 Å². The Labute approximate surface area is 95.7 Å². The summed E-state index contributed by atoms with van der Waals surface area (Å²) in [6, 6.07) is 6.82. The molecule has 3 rings (SSSR count). The number of pyridine rings is 1. The van der Waals surface area contributed by atoms with E-state index in [0.717, 1.165) is 18.5 Å². The monoisotopic (exact) mass is 213 g/mol. The van der Waals surface area contributed by atoms with E-state index in [-0.39, 0.29) is 0 Å². The fourth-order valence-corrected chi connectivity index (χ4v) is 3.09. The summed E-state index contributed by atoms with van der Waals surface area (Å²) in [4.78, 5) is 6.56. The molecule has 0 radical (unpaired) electrons. The second kappa shape index (κ2) is 3.88. The second-order valence-electron chi connectivity index (χ2n) is 4.92. The zero-order valence-electron chi connectivity index (χ0n) is 9.26. The van der Waals surface area contributed by atoms with Crippen LogP contribution in [-0.2, 0) is 6.54 Å². The molecule has 16 heavy (non-hydrogen) atoms. The van der Waals surface area contributed by atoms with Gasteiger partial charge in [0, 0.05) is 25.3 Å². The Morgan fingerprint density at radius 2 is 2.44 bits per heavy atom. The largest absolute Gasteiger partial charge is 0.296 e. The Morgan fingerprint density at radius 1 is 1.50 bits per heavy atom. The van der Waals surface area contributed by atoms with E-state index >= 15 is 0 Å². The van der Waals surface area contributed by atoms with Crippen LogP contribution in [0.1, 0.15) is 30.5 Å². The van der Waals surface area contributed by atoms with Crippen molar-refractivity contribution < 1.29 is 0 Å². The first kappa shape index (κ1) is 9.80. The number of rotatable bonds is 2.